The van der Waals surface area contributed by atoms with Crippen molar-refractivity contribution in [1.29, 1.82) is 5.26 Å². The maximum atomic E-state index is 12.5. The molecule has 2 rings (SSSR count). The number of hydrogen-bond acceptors (Lipinski definition) is 5. The molecule has 0 bridgehead atoms. The average molecular weight is 312 g/mol. The third-order valence-corrected chi connectivity index (χ3v) is 3.60. The van der Waals surface area contributed by atoms with E-state index in [-0.39, 0.29) is 18.1 Å². The molecule has 5 heteroatoms. The SMILES string of the molecule is CCCC1=C(C(=O)OCC)C(c2ccccc2)C(C#N)=C(N)O1. The van der Waals surface area contributed by atoms with Crippen molar-refractivity contribution in [2.75, 3.05) is 6.61 Å². The van der Waals surface area contributed by atoms with Gasteiger partial charge >= 0.3 is 5.97 Å². The minimum Gasteiger partial charge on any atom is -0.463 e. The van der Waals surface area contributed by atoms with Crippen LogP contribution in [0.3, 0.4) is 0 Å². The first-order valence-corrected chi connectivity index (χ1v) is 7.66. The molecule has 1 unspecified atom stereocenters. The molecule has 1 atom stereocenters. The smallest absolute Gasteiger partial charge is 0.338 e. The van der Waals surface area contributed by atoms with E-state index < -0.39 is 11.9 Å². The molecule has 1 aliphatic rings. The van der Waals surface area contributed by atoms with Gasteiger partial charge in [0, 0.05) is 6.42 Å². The number of nitrogens with zero attached hydrogens (tertiary/aromatic N) is 1. The van der Waals surface area contributed by atoms with Crippen LogP contribution in [0.1, 0.15) is 38.2 Å². The topological polar surface area (TPSA) is 85.3 Å². The summed E-state index contributed by atoms with van der Waals surface area (Å²) in [5, 5.41) is 9.50. The van der Waals surface area contributed by atoms with Gasteiger partial charge in [-0.2, -0.15) is 5.26 Å². The molecule has 0 saturated heterocycles. The van der Waals surface area contributed by atoms with Crippen LogP contribution in [0.4, 0.5) is 0 Å². The van der Waals surface area contributed by atoms with Crippen molar-refractivity contribution in [1.82, 2.24) is 0 Å². The zero-order valence-corrected chi connectivity index (χ0v) is 13.3. The number of hydrogen-bond donors (Lipinski definition) is 1. The van der Waals surface area contributed by atoms with Crippen LogP contribution in [0.15, 0.2) is 53.1 Å². The Hall–Kier alpha value is -2.74. The number of allylic oxidation sites excluding steroid dienone is 2. The maximum Gasteiger partial charge on any atom is 0.338 e. The third-order valence-electron chi connectivity index (χ3n) is 3.60. The van der Waals surface area contributed by atoms with Crippen molar-refractivity contribution >= 4 is 5.97 Å². The Morgan fingerprint density at radius 1 is 1.35 bits per heavy atom. The zero-order chi connectivity index (χ0) is 16.8. The molecule has 1 heterocycles. The van der Waals surface area contributed by atoms with Gasteiger partial charge in [-0.3, -0.25) is 0 Å². The van der Waals surface area contributed by atoms with Crippen molar-refractivity contribution in [2.45, 2.75) is 32.6 Å². The van der Waals surface area contributed by atoms with Gasteiger partial charge < -0.3 is 15.2 Å². The Labute approximate surface area is 136 Å². The quantitative estimate of drug-likeness (QED) is 0.844. The van der Waals surface area contributed by atoms with Crippen molar-refractivity contribution in [3.63, 3.8) is 0 Å². The summed E-state index contributed by atoms with van der Waals surface area (Å²) in [5.74, 6) is -0.491. The predicted molar refractivity (Wildman–Crippen MR) is 85.7 cm³/mol. The second kappa shape index (κ2) is 7.50. The predicted octanol–water partition coefficient (Wildman–Crippen LogP) is 3.11. The first-order chi connectivity index (χ1) is 11.1. The van der Waals surface area contributed by atoms with E-state index in [4.69, 9.17) is 15.2 Å². The van der Waals surface area contributed by atoms with E-state index in [2.05, 4.69) is 6.07 Å². The number of esters is 1. The largest absolute Gasteiger partial charge is 0.463 e. The highest BCUT2D eigenvalue weighted by Crippen LogP contribution is 2.40. The van der Waals surface area contributed by atoms with E-state index in [1.807, 2.05) is 37.3 Å². The molecule has 0 saturated carbocycles. The maximum absolute atomic E-state index is 12.5. The number of carbonyl (C=O) groups is 1. The van der Waals surface area contributed by atoms with Crippen LogP contribution < -0.4 is 5.73 Å². The van der Waals surface area contributed by atoms with Crippen LogP contribution in [0.5, 0.6) is 0 Å². The molecule has 0 spiro atoms. The lowest BCUT2D eigenvalue weighted by atomic mass is 9.82. The lowest BCUT2D eigenvalue weighted by molar-refractivity contribution is -0.139. The molecule has 0 radical (unpaired) electrons. The van der Waals surface area contributed by atoms with Gasteiger partial charge in [-0.05, 0) is 18.9 Å². The molecular formula is C18H20N2O3. The van der Waals surface area contributed by atoms with Gasteiger partial charge in [0.2, 0.25) is 5.88 Å². The molecule has 2 N–H and O–H groups in total. The Morgan fingerprint density at radius 3 is 2.61 bits per heavy atom. The summed E-state index contributed by atoms with van der Waals surface area (Å²) in [4.78, 5) is 12.5. The number of nitriles is 1. The van der Waals surface area contributed by atoms with E-state index in [1.54, 1.807) is 6.92 Å². The van der Waals surface area contributed by atoms with Gasteiger partial charge in [-0.15, -0.1) is 0 Å². The standard InChI is InChI=1S/C18H20N2O3/c1-3-8-14-16(18(21)22-4-2)15(12-9-6-5-7-10-12)13(11-19)17(20)23-14/h5-7,9-10,15H,3-4,8,20H2,1-2H3. The number of ether oxygens (including phenoxy) is 2. The van der Waals surface area contributed by atoms with Crippen LogP contribution in [0.2, 0.25) is 0 Å². The van der Waals surface area contributed by atoms with Crippen LogP contribution >= 0.6 is 0 Å². The lowest BCUT2D eigenvalue weighted by Crippen LogP contribution is -2.26. The second-order valence-corrected chi connectivity index (χ2v) is 5.14. The summed E-state index contributed by atoms with van der Waals surface area (Å²) in [6, 6.07) is 11.4. The van der Waals surface area contributed by atoms with E-state index in [0.717, 1.165) is 12.0 Å². The summed E-state index contributed by atoms with van der Waals surface area (Å²) in [6.07, 6.45) is 1.34. The molecule has 1 aliphatic heterocycles. The fourth-order valence-corrected chi connectivity index (χ4v) is 2.64. The fourth-order valence-electron chi connectivity index (χ4n) is 2.64. The summed E-state index contributed by atoms with van der Waals surface area (Å²) < 4.78 is 10.8. The van der Waals surface area contributed by atoms with Crippen LogP contribution in [-0.4, -0.2) is 12.6 Å². The fraction of sp³-hybridized carbons (Fsp3) is 0.333. The van der Waals surface area contributed by atoms with Gasteiger partial charge in [0.25, 0.3) is 0 Å². The normalized spacial score (nSPS) is 17.5. The average Bonchev–Trinajstić information content (AvgIpc) is 2.55. The monoisotopic (exact) mass is 312 g/mol. The van der Waals surface area contributed by atoms with Gasteiger partial charge in [0.15, 0.2) is 0 Å². The number of benzene rings is 1. The molecule has 23 heavy (non-hydrogen) atoms. The molecule has 1 aromatic carbocycles. The van der Waals surface area contributed by atoms with E-state index in [0.29, 0.717) is 17.8 Å². The molecule has 0 amide bonds. The van der Waals surface area contributed by atoms with Crippen molar-refractivity contribution in [3.8, 4) is 6.07 Å². The van der Waals surface area contributed by atoms with Crippen molar-refractivity contribution in [3.05, 3.63) is 58.7 Å². The first kappa shape index (κ1) is 16.6. The van der Waals surface area contributed by atoms with Crippen LogP contribution in [0.25, 0.3) is 0 Å². The van der Waals surface area contributed by atoms with Gasteiger partial charge in [-0.25, -0.2) is 4.79 Å². The number of rotatable bonds is 5. The summed E-state index contributed by atoms with van der Waals surface area (Å²) in [5.41, 5.74) is 7.34. The van der Waals surface area contributed by atoms with Crippen LogP contribution in [-0.2, 0) is 14.3 Å². The molecule has 0 aliphatic carbocycles. The van der Waals surface area contributed by atoms with Crippen molar-refractivity contribution < 1.29 is 14.3 Å². The van der Waals surface area contributed by atoms with Gasteiger partial charge in [0.05, 0.1) is 18.1 Å². The minimum absolute atomic E-state index is 0.0536. The Bertz CT molecular complexity index is 684. The van der Waals surface area contributed by atoms with E-state index in [1.165, 1.54) is 0 Å². The third kappa shape index (κ3) is 3.37. The minimum atomic E-state index is -0.560. The van der Waals surface area contributed by atoms with Crippen molar-refractivity contribution in [2.24, 2.45) is 5.73 Å². The summed E-state index contributed by atoms with van der Waals surface area (Å²) in [7, 11) is 0. The Kier molecular flexibility index (Phi) is 5.42. The Morgan fingerprint density at radius 2 is 2.04 bits per heavy atom. The highest BCUT2D eigenvalue weighted by Gasteiger charge is 2.37. The van der Waals surface area contributed by atoms with Gasteiger partial charge in [-0.1, -0.05) is 37.3 Å². The molecular weight excluding hydrogens is 292 g/mol. The highest BCUT2D eigenvalue weighted by atomic mass is 16.5. The molecule has 120 valence electrons. The Balaban J connectivity index is 2.62. The summed E-state index contributed by atoms with van der Waals surface area (Å²) in [6.45, 7) is 3.98. The zero-order valence-electron chi connectivity index (χ0n) is 13.3. The molecule has 1 aromatic rings. The van der Waals surface area contributed by atoms with E-state index >= 15 is 0 Å². The van der Waals surface area contributed by atoms with Crippen LogP contribution in [0, 0.1) is 11.3 Å². The molecule has 5 nitrogen and oxygen atoms in total. The lowest BCUT2D eigenvalue weighted by Gasteiger charge is -2.28. The number of carbonyl (C=O) groups excluding carboxylic acids is 1. The molecule has 0 aromatic heterocycles. The highest BCUT2D eigenvalue weighted by molar-refractivity contribution is 5.92. The molecule has 0 fully saturated rings. The first-order valence-electron chi connectivity index (χ1n) is 7.66. The van der Waals surface area contributed by atoms with E-state index in [9.17, 15) is 10.1 Å². The number of nitrogens with two attached hydrogens (primary N) is 1. The summed E-state index contributed by atoms with van der Waals surface area (Å²) >= 11 is 0. The second-order valence-electron chi connectivity index (χ2n) is 5.14. The van der Waals surface area contributed by atoms with Gasteiger partial charge in [0.1, 0.15) is 17.4 Å².